The molecular formula is C10H14ClN3O2. The zero-order valence-electron chi connectivity index (χ0n) is 9.27. The molecule has 1 N–H and O–H groups in total. The second-order valence-corrected chi connectivity index (χ2v) is 4.37. The predicted molar refractivity (Wildman–Crippen MR) is 61.0 cm³/mol. The van der Waals surface area contributed by atoms with E-state index >= 15 is 0 Å². The molecular weight excluding hydrogens is 230 g/mol. The smallest absolute Gasteiger partial charge is 0.318 e. The summed E-state index contributed by atoms with van der Waals surface area (Å²) in [5.41, 5.74) is -0.610. The van der Waals surface area contributed by atoms with Crippen LogP contribution in [-0.4, -0.2) is 40.9 Å². The molecule has 0 spiro atoms. The number of aliphatic hydroxyl groups is 1. The van der Waals surface area contributed by atoms with Crippen molar-refractivity contribution in [1.82, 2.24) is 9.97 Å². The number of anilines is 1. The molecule has 88 valence electrons. The van der Waals surface area contributed by atoms with Crippen LogP contribution in [0.3, 0.4) is 0 Å². The Balaban J connectivity index is 2.16. The molecule has 5 nitrogen and oxygen atoms in total. The minimum atomic E-state index is -0.610. The van der Waals surface area contributed by atoms with Gasteiger partial charge in [-0.1, -0.05) is 18.5 Å². The number of ether oxygens (including phenoxy) is 1. The van der Waals surface area contributed by atoms with E-state index in [1.165, 1.54) is 13.3 Å². The maximum atomic E-state index is 9.91. The standard InChI is InChI=1S/C10H14ClN3O2/c1-3-10(15)5-14(6-10)8-7(11)4-12-9(13-8)16-2/h4,15H,3,5-6H2,1-2H3. The van der Waals surface area contributed by atoms with Crippen LogP contribution in [0.1, 0.15) is 13.3 Å². The first-order valence-corrected chi connectivity index (χ1v) is 5.49. The van der Waals surface area contributed by atoms with Gasteiger partial charge < -0.3 is 14.7 Å². The molecule has 0 radical (unpaired) electrons. The van der Waals surface area contributed by atoms with Gasteiger partial charge in [-0.25, -0.2) is 4.98 Å². The molecule has 0 unspecified atom stereocenters. The van der Waals surface area contributed by atoms with Gasteiger partial charge >= 0.3 is 6.01 Å². The summed E-state index contributed by atoms with van der Waals surface area (Å²) in [4.78, 5) is 9.98. The van der Waals surface area contributed by atoms with Gasteiger partial charge in [0.25, 0.3) is 0 Å². The molecule has 0 saturated carbocycles. The maximum Gasteiger partial charge on any atom is 0.318 e. The lowest BCUT2D eigenvalue weighted by molar-refractivity contribution is 0.00800. The van der Waals surface area contributed by atoms with Crippen molar-refractivity contribution in [3.8, 4) is 6.01 Å². The molecule has 1 fully saturated rings. The van der Waals surface area contributed by atoms with Crippen LogP contribution in [0.15, 0.2) is 6.20 Å². The van der Waals surface area contributed by atoms with E-state index in [0.717, 1.165) is 6.42 Å². The lowest BCUT2D eigenvalue weighted by atomic mass is 9.91. The van der Waals surface area contributed by atoms with Crippen molar-refractivity contribution in [1.29, 1.82) is 0 Å². The molecule has 0 amide bonds. The summed E-state index contributed by atoms with van der Waals surface area (Å²) in [6.07, 6.45) is 2.23. The molecule has 2 heterocycles. The number of rotatable bonds is 3. The number of hydrogen-bond donors (Lipinski definition) is 1. The lowest BCUT2D eigenvalue weighted by Crippen LogP contribution is -2.62. The van der Waals surface area contributed by atoms with Crippen LogP contribution < -0.4 is 9.64 Å². The molecule has 0 bridgehead atoms. The van der Waals surface area contributed by atoms with E-state index in [9.17, 15) is 5.11 Å². The van der Waals surface area contributed by atoms with E-state index in [2.05, 4.69) is 9.97 Å². The second kappa shape index (κ2) is 4.07. The summed E-state index contributed by atoms with van der Waals surface area (Å²) in [5, 5.41) is 10.4. The van der Waals surface area contributed by atoms with Crippen LogP contribution in [0.25, 0.3) is 0 Å². The quantitative estimate of drug-likeness (QED) is 0.862. The second-order valence-electron chi connectivity index (χ2n) is 3.96. The molecule has 1 aliphatic heterocycles. The van der Waals surface area contributed by atoms with Crippen molar-refractivity contribution < 1.29 is 9.84 Å². The van der Waals surface area contributed by atoms with Crippen molar-refractivity contribution >= 4 is 17.4 Å². The average Bonchev–Trinajstić information content (AvgIpc) is 2.26. The zero-order valence-corrected chi connectivity index (χ0v) is 10.0. The number of nitrogens with zero attached hydrogens (tertiary/aromatic N) is 3. The normalized spacial score (nSPS) is 18.1. The van der Waals surface area contributed by atoms with E-state index in [-0.39, 0.29) is 6.01 Å². The number of β-amino-alcohol motifs (C(OH)–C–C–N with tert-alkyl or cyclic N) is 1. The van der Waals surface area contributed by atoms with E-state index < -0.39 is 5.60 Å². The van der Waals surface area contributed by atoms with E-state index in [1.54, 1.807) is 0 Å². The Morgan fingerprint density at radius 2 is 2.31 bits per heavy atom. The van der Waals surface area contributed by atoms with Crippen molar-refractivity contribution in [3.05, 3.63) is 11.2 Å². The van der Waals surface area contributed by atoms with Gasteiger partial charge in [0.2, 0.25) is 0 Å². The maximum absolute atomic E-state index is 9.91. The molecule has 0 aromatic carbocycles. The average molecular weight is 244 g/mol. The highest BCUT2D eigenvalue weighted by molar-refractivity contribution is 6.32. The minimum Gasteiger partial charge on any atom is -0.467 e. The zero-order chi connectivity index (χ0) is 11.8. The third-order valence-electron chi connectivity index (χ3n) is 2.81. The topological polar surface area (TPSA) is 58.5 Å². The Hall–Kier alpha value is -1.07. The number of aromatic nitrogens is 2. The third kappa shape index (κ3) is 1.92. The predicted octanol–water partition coefficient (Wildman–Crippen LogP) is 1.10. The summed E-state index contributed by atoms with van der Waals surface area (Å²) < 4.78 is 4.94. The van der Waals surface area contributed by atoms with Crippen molar-refractivity contribution in [3.63, 3.8) is 0 Å². The number of halogens is 1. The number of hydrogen-bond acceptors (Lipinski definition) is 5. The Morgan fingerprint density at radius 3 is 2.88 bits per heavy atom. The summed E-state index contributed by atoms with van der Waals surface area (Å²) in [6.45, 7) is 3.05. The Morgan fingerprint density at radius 1 is 1.62 bits per heavy atom. The van der Waals surface area contributed by atoms with Crippen LogP contribution in [-0.2, 0) is 0 Å². The highest BCUT2D eigenvalue weighted by Crippen LogP contribution is 2.33. The Kier molecular flexibility index (Phi) is 2.90. The fourth-order valence-electron chi connectivity index (χ4n) is 1.70. The van der Waals surface area contributed by atoms with E-state index in [4.69, 9.17) is 16.3 Å². The summed E-state index contributed by atoms with van der Waals surface area (Å²) in [5.74, 6) is 0.617. The molecule has 0 aliphatic carbocycles. The molecule has 1 saturated heterocycles. The van der Waals surface area contributed by atoms with Gasteiger partial charge in [-0.05, 0) is 6.42 Å². The summed E-state index contributed by atoms with van der Waals surface area (Å²) in [7, 11) is 1.51. The van der Waals surface area contributed by atoms with Crippen LogP contribution in [0.5, 0.6) is 6.01 Å². The van der Waals surface area contributed by atoms with Crippen LogP contribution in [0, 0.1) is 0 Å². The third-order valence-corrected chi connectivity index (χ3v) is 3.08. The van der Waals surface area contributed by atoms with Crippen molar-refractivity contribution in [2.45, 2.75) is 18.9 Å². The van der Waals surface area contributed by atoms with Gasteiger partial charge in [-0.3, -0.25) is 0 Å². The number of methoxy groups -OCH3 is 1. The molecule has 0 atom stereocenters. The van der Waals surface area contributed by atoms with Gasteiger partial charge in [0, 0.05) is 0 Å². The molecule has 1 aliphatic rings. The van der Waals surface area contributed by atoms with Crippen LogP contribution >= 0.6 is 11.6 Å². The summed E-state index contributed by atoms with van der Waals surface area (Å²) >= 11 is 5.99. The van der Waals surface area contributed by atoms with E-state index in [1.807, 2.05) is 11.8 Å². The van der Waals surface area contributed by atoms with Gasteiger partial charge in [-0.15, -0.1) is 0 Å². The summed E-state index contributed by atoms with van der Waals surface area (Å²) in [6, 6.07) is 0.284. The van der Waals surface area contributed by atoms with Crippen molar-refractivity contribution in [2.24, 2.45) is 0 Å². The SMILES string of the molecule is CCC1(O)CN(c2nc(OC)ncc2Cl)C1. The van der Waals surface area contributed by atoms with Crippen LogP contribution in [0.4, 0.5) is 5.82 Å². The molecule has 16 heavy (non-hydrogen) atoms. The molecule has 2 rings (SSSR count). The highest BCUT2D eigenvalue weighted by atomic mass is 35.5. The Bertz CT molecular complexity index is 394. The van der Waals surface area contributed by atoms with Crippen molar-refractivity contribution in [2.75, 3.05) is 25.1 Å². The lowest BCUT2D eigenvalue weighted by Gasteiger charge is -2.46. The van der Waals surface area contributed by atoms with Crippen LogP contribution in [0.2, 0.25) is 5.02 Å². The van der Waals surface area contributed by atoms with Gasteiger partial charge in [0.1, 0.15) is 5.02 Å². The fourth-order valence-corrected chi connectivity index (χ4v) is 1.91. The molecule has 6 heteroatoms. The first kappa shape index (κ1) is 11.4. The van der Waals surface area contributed by atoms with E-state index in [0.29, 0.717) is 23.9 Å². The first-order chi connectivity index (χ1) is 7.58. The monoisotopic (exact) mass is 243 g/mol. The van der Waals surface area contributed by atoms with Gasteiger partial charge in [-0.2, -0.15) is 4.98 Å². The Labute approximate surface area is 99.0 Å². The highest BCUT2D eigenvalue weighted by Gasteiger charge is 2.41. The molecule has 1 aromatic heterocycles. The first-order valence-electron chi connectivity index (χ1n) is 5.12. The van der Waals surface area contributed by atoms with Gasteiger partial charge in [0.05, 0.1) is 32.0 Å². The largest absolute Gasteiger partial charge is 0.467 e. The molecule has 1 aromatic rings. The fraction of sp³-hybridized carbons (Fsp3) is 0.600. The van der Waals surface area contributed by atoms with Gasteiger partial charge in [0.15, 0.2) is 5.82 Å². The minimum absolute atomic E-state index is 0.284.